The molecule has 0 aromatic heterocycles. The lowest BCUT2D eigenvalue weighted by Crippen LogP contribution is -2.25. The fourth-order valence-electron chi connectivity index (χ4n) is 23.1. The minimum atomic E-state index is 0. The van der Waals surface area contributed by atoms with Crippen LogP contribution in [-0.2, 0) is 0 Å². The Morgan fingerprint density at radius 1 is 0.213 bits per heavy atom. The molecule has 0 bridgehead atoms. The van der Waals surface area contributed by atoms with E-state index in [9.17, 15) is 0 Å². The molecule has 0 radical (unpaired) electrons. The predicted molar refractivity (Wildman–Crippen MR) is 472 cm³/mol. The maximum absolute atomic E-state index is 3.93. The molecule has 12 nitrogen and oxygen atoms in total. The van der Waals surface area contributed by atoms with Gasteiger partial charge in [-0.1, -0.05) is 207 Å². The summed E-state index contributed by atoms with van der Waals surface area (Å²) in [7, 11) is 0. The maximum Gasteiger partial charge on any atom is -0.0233 e. The van der Waals surface area contributed by atoms with Gasteiger partial charge >= 0.3 is 0 Å². The lowest BCUT2D eigenvalue weighted by molar-refractivity contribution is 0.148. The molecular weight excluding hydrogens is 1350 g/mol. The fraction of sp³-hybridized carbons (Fsp3) is 0.896. The Bertz CT molecular complexity index is 1990. The number of hydrogen-bond acceptors (Lipinski definition) is 0. The molecule has 12 heteroatoms. The van der Waals surface area contributed by atoms with Crippen LogP contribution in [0.2, 0.25) is 0 Å². The molecule has 12 aliphatic rings. The van der Waals surface area contributed by atoms with E-state index in [2.05, 4.69) is 125 Å². The quantitative estimate of drug-likeness (QED) is 0.130. The topological polar surface area (TPSA) is 378 Å². The Kier molecular flexibility index (Phi) is 73.1. The van der Waals surface area contributed by atoms with Gasteiger partial charge in [0.1, 0.15) is 0 Å². The summed E-state index contributed by atoms with van der Waals surface area (Å²) in [6, 6.07) is 0. The second-order valence-electron chi connectivity index (χ2n) is 38.1. The zero-order chi connectivity index (χ0) is 68.3. The van der Waals surface area contributed by atoms with E-state index in [1.807, 2.05) is 0 Å². The van der Waals surface area contributed by atoms with Crippen LogP contribution in [0.3, 0.4) is 0 Å². The monoisotopic (exact) mass is 1540 g/mol. The summed E-state index contributed by atoms with van der Waals surface area (Å²) in [5, 5.41) is 0. The van der Waals surface area contributed by atoms with E-state index in [0.29, 0.717) is 0 Å². The minimum Gasteiger partial charge on any atom is -0.412 e. The zero-order valence-corrected chi connectivity index (χ0v) is 72.5. The molecular formula is C96H194O12. The van der Waals surface area contributed by atoms with Gasteiger partial charge in [0.15, 0.2) is 0 Å². The Hall–Kier alpha value is -1.78. The van der Waals surface area contributed by atoms with E-state index in [4.69, 9.17) is 0 Å². The van der Waals surface area contributed by atoms with Gasteiger partial charge in [0.05, 0.1) is 0 Å². The van der Waals surface area contributed by atoms with Gasteiger partial charge in [0.2, 0.25) is 0 Å². The van der Waals surface area contributed by atoms with Crippen molar-refractivity contribution < 1.29 is 65.7 Å². The Morgan fingerprint density at radius 2 is 0.407 bits per heavy atom. The number of hydrogen-bond donors (Lipinski definition) is 0. The van der Waals surface area contributed by atoms with Crippen molar-refractivity contribution in [2.24, 2.45) is 142 Å². The molecule has 0 aromatic carbocycles. The van der Waals surface area contributed by atoms with Gasteiger partial charge in [-0.15, -0.1) is 19.7 Å². The van der Waals surface area contributed by atoms with Gasteiger partial charge in [-0.2, -0.15) is 0 Å². The molecule has 12 saturated carbocycles. The minimum absolute atomic E-state index is 0. The first-order valence-electron chi connectivity index (χ1n) is 44.8. The lowest BCUT2D eigenvalue weighted by Gasteiger charge is -2.37. The van der Waals surface area contributed by atoms with Crippen LogP contribution in [-0.4, -0.2) is 65.7 Å². The average molecular weight is 1540 g/mol. The predicted octanol–water partition coefficient (Wildman–Crippen LogP) is 21.5. The van der Waals surface area contributed by atoms with Crippen molar-refractivity contribution in [3.63, 3.8) is 0 Å². The van der Waals surface area contributed by atoms with Crippen LogP contribution >= 0.6 is 0 Å². The summed E-state index contributed by atoms with van der Waals surface area (Å²) in [6.45, 7) is 33.0. The van der Waals surface area contributed by atoms with Gasteiger partial charge < -0.3 is 65.7 Å². The highest BCUT2D eigenvalue weighted by molar-refractivity contribution is 4.93. The second kappa shape index (κ2) is 67.4. The van der Waals surface area contributed by atoms with Crippen LogP contribution in [0.1, 0.15) is 403 Å². The number of allylic oxidation sites excluding steroid dienone is 7. The van der Waals surface area contributed by atoms with E-state index in [0.717, 1.165) is 142 Å². The number of rotatable bonds is 16. The molecule has 0 aliphatic heterocycles. The normalized spacial score (nSPS) is 36.3. The summed E-state index contributed by atoms with van der Waals surface area (Å²) in [5.41, 5.74) is 0. The third-order valence-electron chi connectivity index (χ3n) is 30.8. The Balaban J connectivity index is -0.000000283. The first-order chi connectivity index (χ1) is 46.7. The average Bonchev–Trinajstić information content (AvgIpc) is 0.898. The Morgan fingerprint density at radius 3 is 0.602 bits per heavy atom. The summed E-state index contributed by atoms with van der Waals surface area (Å²) < 4.78 is 0. The highest BCUT2D eigenvalue weighted by Crippen LogP contribution is 2.48. The summed E-state index contributed by atoms with van der Waals surface area (Å²) in [5.74, 6) is 24.9. The zero-order valence-electron chi connectivity index (χ0n) is 72.5. The van der Waals surface area contributed by atoms with Crippen molar-refractivity contribution in [3.05, 3.63) is 62.3 Å². The second-order valence-corrected chi connectivity index (χ2v) is 38.1. The fourth-order valence-corrected chi connectivity index (χ4v) is 23.1. The maximum atomic E-state index is 3.93. The molecule has 0 aromatic rings. The molecule has 12 rings (SSSR count). The molecule has 0 atom stereocenters. The third-order valence-corrected chi connectivity index (χ3v) is 30.8. The first-order valence-corrected chi connectivity index (χ1v) is 44.8. The summed E-state index contributed by atoms with van der Waals surface area (Å²) in [6.07, 6.45) is 94.6. The molecule has 24 N–H and O–H groups in total. The van der Waals surface area contributed by atoms with Crippen LogP contribution < -0.4 is 0 Å². The van der Waals surface area contributed by atoms with Crippen LogP contribution in [0, 0.1) is 142 Å². The van der Waals surface area contributed by atoms with E-state index in [-0.39, 0.29) is 65.7 Å². The SMILES string of the molecule is C/C=C/C1CCC(C2CCC(C)CC2)CC1.C/C=C/CCC1CCC(C2CCC(C)CC2)CC1.C=CC1CCC(C2CCC(C)CC2)CC1.C=CCC1CCC(C2CCC(C)CC2)CC1.C=CCCC1CCC(C2CCC(C)CC2)CC1.CC1CCC(C2CCC(C)CC2)CC1.O.O.O.O.O.O.O.O.O.O.O.O. The van der Waals surface area contributed by atoms with Crippen LogP contribution in [0.5, 0.6) is 0 Å². The van der Waals surface area contributed by atoms with E-state index in [1.165, 1.54) is 302 Å². The van der Waals surface area contributed by atoms with E-state index < -0.39 is 0 Å². The Labute approximate surface area is 669 Å². The molecule has 12 aliphatic carbocycles. The van der Waals surface area contributed by atoms with Crippen LogP contribution in [0.4, 0.5) is 0 Å². The molecule has 108 heavy (non-hydrogen) atoms. The standard InChI is InChI=1S/C18H32.C17H30.2C16H28.C15H26.C14H26.12H2O/c1-3-4-5-6-16-9-13-18(14-10-16)17-11-7-15(2)8-12-17;1-3-4-5-15-8-12-17(13-9-15)16-10-6-14(2)7-11-16;2*1-3-4-14-7-11-16(12-8-14)15-9-5-13(2)6-10-15;1-3-13-6-10-15(11-7-13)14-8-4-12(2)5-9-14;1-11-3-7-13(8-4-11)14-9-5-12(2)6-10-14;;;;;;;;;;;;/h3-4,15-18H,5-14H2,1-2H3;3,14-17H,1,4-13H2,2H3;3-4,13-16H,5-12H2,1-2H3;3,13-16H,1,4-12H2,2H3;3,12-15H,1,4-11H2,2H3;11-14H,3-10H2,1-2H3;12*1H2/b4-3+;;4-3+;;;;;;;;;;;;;;;. The molecule has 12 fully saturated rings. The van der Waals surface area contributed by atoms with E-state index in [1.54, 1.807) is 38.5 Å². The first kappa shape index (κ1) is 117. The molecule has 0 heterocycles. The van der Waals surface area contributed by atoms with Crippen LogP contribution in [0.25, 0.3) is 0 Å². The third kappa shape index (κ3) is 43.8. The van der Waals surface area contributed by atoms with Gasteiger partial charge in [-0.25, -0.2) is 0 Å². The van der Waals surface area contributed by atoms with E-state index >= 15 is 0 Å². The lowest BCUT2D eigenvalue weighted by atomic mass is 9.69. The highest BCUT2D eigenvalue weighted by Gasteiger charge is 2.35. The van der Waals surface area contributed by atoms with Crippen molar-refractivity contribution in [1.29, 1.82) is 0 Å². The largest absolute Gasteiger partial charge is 0.412 e. The molecule has 0 spiro atoms. The van der Waals surface area contributed by atoms with Gasteiger partial charge in [-0.05, 0) is 381 Å². The smallest absolute Gasteiger partial charge is 0.0233 e. The molecule has 0 saturated heterocycles. The van der Waals surface area contributed by atoms with Gasteiger partial charge in [0.25, 0.3) is 0 Å². The van der Waals surface area contributed by atoms with Crippen molar-refractivity contribution >= 4 is 0 Å². The van der Waals surface area contributed by atoms with Gasteiger partial charge in [-0.3, -0.25) is 0 Å². The molecule has 0 amide bonds. The van der Waals surface area contributed by atoms with Gasteiger partial charge in [0, 0.05) is 0 Å². The van der Waals surface area contributed by atoms with Crippen molar-refractivity contribution in [2.45, 2.75) is 403 Å². The molecule has 650 valence electrons. The molecule has 0 unspecified atom stereocenters. The summed E-state index contributed by atoms with van der Waals surface area (Å²) >= 11 is 0. The summed E-state index contributed by atoms with van der Waals surface area (Å²) in [4.78, 5) is 0. The highest BCUT2D eigenvalue weighted by atomic mass is 16.0. The van der Waals surface area contributed by atoms with Crippen molar-refractivity contribution in [3.8, 4) is 0 Å². The van der Waals surface area contributed by atoms with Crippen LogP contribution in [0.15, 0.2) is 62.3 Å². The van der Waals surface area contributed by atoms with Crippen molar-refractivity contribution in [2.75, 3.05) is 0 Å². The van der Waals surface area contributed by atoms with Crippen molar-refractivity contribution in [1.82, 2.24) is 0 Å².